The maximum atomic E-state index is 12.4. The van der Waals surface area contributed by atoms with Gasteiger partial charge >= 0.3 is 0 Å². The van der Waals surface area contributed by atoms with Crippen molar-refractivity contribution in [1.82, 2.24) is 15.1 Å². The number of amides is 1. The number of methoxy groups -OCH3 is 1. The summed E-state index contributed by atoms with van der Waals surface area (Å²) in [4.78, 5) is 24.7. The van der Waals surface area contributed by atoms with Crippen molar-refractivity contribution >= 4 is 5.91 Å². The highest BCUT2D eigenvalue weighted by molar-refractivity contribution is 5.94. The fourth-order valence-electron chi connectivity index (χ4n) is 3.63. The summed E-state index contributed by atoms with van der Waals surface area (Å²) < 4.78 is 12.2. The van der Waals surface area contributed by atoms with Crippen LogP contribution < -0.4 is 20.3 Å². The summed E-state index contributed by atoms with van der Waals surface area (Å²) >= 11 is 0. The molecule has 160 valence electrons. The van der Waals surface area contributed by atoms with E-state index in [1.54, 1.807) is 37.4 Å². The number of ether oxygens (including phenoxy) is 2. The van der Waals surface area contributed by atoms with Crippen LogP contribution in [0, 0.1) is 0 Å². The third-order valence-corrected chi connectivity index (χ3v) is 5.39. The van der Waals surface area contributed by atoms with Gasteiger partial charge in [-0.3, -0.25) is 9.59 Å². The number of hydrogen-bond acceptors (Lipinski definition) is 5. The molecule has 0 saturated heterocycles. The molecule has 0 radical (unpaired) electrons. The Kier molecular flexibility index (Phi) is 6.31. The topological polar surface area (TPSA) is 82.5 Å². The van der Waals surface area contributed by atoms with Gasteiger partial charge in [0.25, 0.3) is 11.5 Å². The van der Waals surface area contributed by atoms with E-state index in [1.807, 2.05) is 24.3 Å². The summed E-state index contributed by atoms with van der Waals surface area (Å²) in [5.41, 5.74) is 1.81. The molecule has 1 saturated carbocycles. The molecule has 1 aliphatic rings. The molecular weight excluding hydrogens is 394 g/mol. The van der Waals surface area contributed by atoms with Crippen LogP contribution in [0.1, 0.15) is 41.6 Å². The van der Waals surface area contributed by atoms with Crippen LogP contribution in [0.25, 0.3) is 5.69 Å². The Morgan fingerprint density at radius 1 is 1.03 bits per heavy atom. The summed E-state index contributed by atoms with van der Waals surface area (Å²) in [5, 5.41) is 7.37. The number of nitrogens with zero attached hydrogens (tertiary/aromatic N) is 2. The molecule has 3 aromatic rings. The smallest absolute Gasteiger partial charge is 0.271 e. The fourth-order valence-corrected chi connectivity index (χ4v) is 3.63. The van der Waals surface area contributed by atoms with Gasteiger partial charge in [0, 0.05) is 23.7 Å². The van der Waals surface area contributed by atoms with Crippen molar-refractivity contribution in [1.29, 1.82) is 0 Å². The van der Waals surface area contributed by atoms with E-state index in [1.165, 1.54) is 10.7 Å². The molecule has 0 unspecified atom stereocenters. The molecule has 2 aromatic carbocycles. The highest BCUT2D eigenvalue weighted by atomic mass is 16.5. The van der Waals surface area contributed by atoms with Gasteiger partial charge in [0.1, 0.15) is 12.4 Å². The van der Waals surface area contributed by atoms with Crippen LogP contribution in [-0.2, 0) is 6.61 Å². The zero-order valence-electron chi connectivity index (χ0n) is 17.4. The van der Waals surface area contributed by atoms with Crippen LogP contribution in [0.5, 0.6) is 11.6 Å². The average molecular weight is 419 g/mol. The number of aromatic nitrogens is 2. The zero-order valence-corrected chi connectivity index (χ0v) is 17.4. The monoisotopic (exact) mass is 419 g/mol. The lowest BCUT2D eigenvalue weighted by atomic mass is 10.1. The molecule has 0 spiro atoms. The van der Waals surface area contributed by atoms with Gasteiger partial charge in [-0.25, -0.2) is 0 Å². The highest BCUT2D eigenvalue weighted by Gasteiger charge is 2.18. The van der Waals surface area contributed by atoms with Gasteiger partial charge in [-0.15, -0.1) is 5.10 Å². The molecule has 1 aliphatic carbocycles. The maximum absolute atomic E-state index is 12.4. The molecule has 4 rings (SSSR count). The van der Waals surface area contributed by atoms with E-state index >= 15 is 0 Å². The fraction of sp³-hybridized carbons (Fsp3) is 0.292. The Labute approximate surface area is 180 Å². The van der Waals surface area contributed by atoms with Gasteiger partial charge in [-0.2, -0.15) is 4.68 Å². The minimum atomic E-state index is -0.278. The first kappa shape index (κ1) is 20.7. The molecular formula is C24H25N3O4. The quantitative estimate of drug-likeness (QED) is 0.634. The van der Waals surface area contributed by atoms with Crippen molar-refractivity contribution in [2.24, 2.45) is 0 Å². The molecule has 0 atom stereocenters. The largest absolute Gasteiger partial charge is 0.497 e. The Hall–Kier alpha value is -3.61. The predicted octanol–water partition coefficient (Wildman–Crippen LogP) is 3.49. The molecule has 1 aromatic heterocycles. The zero-order chi connectivity index (χ0) is 21.6. The number of carbonyl (C=O) groups excluding carboxylic acids is 1. The third kappa shape index (κ3) is 5.12. The molecule has 7 heteroatoms. The van der Waals surface area contributed by atoms with Crippen molar-refractivity contribution in [3.63, 3.8) is 0 Å². The van der Waals surface area contributed by atoms with Crippen molar-refractivity contribution in [3.05, 3.63) is 82.1 Å². The Morgan fingerprint density at radius 3 is 2.42 bits per heavy atom. The standard InChI is InChI=1S/C24H25N3O4/c1-30-21-12-6-17(7-13-21)16-31-22-14-15-23(28)27(26-22)20-10-8-18(9-11-20)24(29)25-19-4-2-3-5-19/h6-15,19H,2-5,16H2,1H3,(H,25,29). The number of nitrogens with one attached hydrogen (secondary N) is 1. The molecule has 1 N–H and O–H groups in total. The molecule has 1 heterocycles. The van der Waals surface area contributed by atoms with Crippen molar-refractivity contribution in [2.45, 2.75) is 38.3 Å². The lowest BCUT2D eigenvalue weighted by Crippen LogP contribution is -2.32. The van der Waals surface area contributed by atoms with Crippen molar-refractivity contribution in [3.8, 4) is 17.3 Å². The molecule has 31 heavy (non-hydrogen) atoms. The van der Waals surface area contributed by atoms with E-state index in [9.17, 15) is 9.59 Å². The predicted molar refractivity (Wildman–Crippen MR) is 117 cm³/mol. The first-order valence-electron chi connectivity index (χ1n) is 10.4. The van der Waals surface area contributed by atoms with E-state index in [2.05, 4.69) is 10.4 Å². The van der Waals surface area contributed by atoms with Crippen LogP contribution in [0.3, 0.4) is 0 Å². The first-order chi connectivity index (χ1) is 15.1. The van der Waals surface area contributed by atoms with Crippen LogP contribution in [-0.4, -0.2) is 28.8 Å². The average Bonchev–Trinajstić information content (AvgIpc) is 3.32. The van der Waals surface area contributed by atoms with Gasteiger partial charge in [-0.05, 0) is 54.8 Å². The number of rotatable bonds is 7. The van der Waals surface area contributed by atoms with Gasteiger partial charge in [-0.1, -0.05) is 25.0 Å². The van der Waals surface area contributed by atoms with E-state index in [-0.39, 0.29) is 17.5 Å². The lowest BCUT2D eigenvalue weighted by molar-refractivity contribution is 0.0938. The second kappa shape index (κ2) is 9.47. The van der Waals surface area contributed by atoms with Gasteiger partial charge in [0.05, 0.1) is 12.8 Å². The van der Waals surface area contributed by atoms with Crippen LogP contribution in [0.2, 0.25) is 0 Å². The molecule has 1 fully saturated rings. The molecule has 0 bridgehead atoms. The van der Waals surface area contributed by atoms with E-state index in [0.29, 0.717) is 23.7 Å². The van der Waals surface area contributed by atoms with Crippen molar-refractivity contribution < 1.29 is 14.3 Å². The molecule has 7 nitrogen and oxygen atoms in total. The summed E-state index contributed by atoms with van der Waals surface area (Å²) in [6, 6.07) is 17.6. The SMILES string of the molecule is COc1ccc(COc2ccc(=O)n(-c3ccc(C(=O)NC4CCCC4)cc3)n2)cc1. The summed E-state index contributed by atoms with van der Waals surface area (Å²) in [5.74, 6) is 1.02. The Balaban J connectivity index is 1.44. The Bertz CT molecular complexity index is 1090. The second-order valence-electron chi connectivity index (χ2n) is 7.56. The highest BCUT2D eigenvalue weighted by Crippen LogP contribution is 2.18. The van der Waals surface area contributed by atoms with Crippen LogP contribution >= 0.6 is 0 Å². The first-order valence-corrected chi connectivity index (χ1v) is 10.4. The summed E-state index contributed by atoms with van der Waals surface area (Å²) in [7, 11) is 1.62. The molecule has 1 amide bonds. The van der Waals surface area contributed by atoms with Gasteiger partial charge < -0.3 is 14.8 Å². The minimum absolute atomic E-state index is 0.0877. The second-order valence-corrected chi connectivity index (χ2v) is 7.56. The number of benzene rings is 2. The van der Waals surface area contributed by atoms with Crippen LogP contribution in [0.4, 0.5) is 0 Å². The van der Waals surface area contributed by atoms with E-state index < -0.39 is 0 Å². The summed E-state index contributed by atoms with van der Waals surface area (Å²) in [6.07, 6.45) is 4.39. The molecule has 0 aliphatic heterocycles. The lowest BCUT2D eigenvalue weighted by Gasteiger charge is -2.12. The Morgan fingerprint density at radius 2 is 1.74 bits per heavy atom. The van der Waals surface area contributed by atoms with E-state index in [4.69, 9.17) is 9.47 Å². The number of carbonyl (C=O) groups is 1. The van der Waals surface area contributed by atoms with Gasteiger partial charge in [0.15, 0.2) is 0 Å². The normalized spacial score (nSPS) is 13.7. The maximum Gasteiger partial charge on any atom is 0.271 e. The summed E-state index contributed by atoms with van der Waals surface area (Å²) in [6.45, 7) is 0.315. The van der Waals surface area contributed by atoms with Crippen molar-refractivity contribution in [2.75, 3.05) is 7.11 Å². The van der Waals surface area contributed by atoms with Gasteiger partial charge in [0.2, 0.25) is 5.88 Å². The van der Waals surface area contributed by atoms with E-state index in [0.717, 1.165) is 37.0 Å². The van der Waals surface area contributed by atoms with Crippen LogP contribution in [0.15, 0.2) is 65.5 Å². The third-order valence-electron chi connectivity index (χ3n) is 5.39. The minimum Gasteiger partial charge on any atom is -0.497 e. The number of hydrogen-bond donors (Lipinski definition) is 1.